The molecule has 2 rings (SSSR count). The van der Waals surface area contributed by atoms with Crippen LogP contribution in [-0.2, 0) is 0 Å². The Morgan fingerprint density at radius 2 is 1.91 bits per heavy atom. The molecule has 1 aromatic heterocycles. The van der Waals surface area contributed by atoms with Gasteiger partial charge in [0.2, 0.25) is 0 Å². The minimum absolute atomic E-state index is 0.139. The van der Waals surface area contributed by atoms with E-state index in [0.717, 1.165) is 17.5 Å². The van der Waals surface area contributed by atoms with Crippen LogP contribution in [0.2, 0.25) is 0 Å². The molecule has 0 saturated heterocycles. The lowest BCUT2D eigenvalue weighted by molar-refractivity contribution is -0.184. The summed E-state index contributed by atoms with van der Waals surface area (Å²) in [7, 11) is 0. The summed E-state index contributed by atoms with van der Waals surface area (Å²) >= 11 is 0.845. The molecule has 8 heteroatoms. The molecule has 124 valence electrons. The van der Waals surface area contributed by atoms with Gasteiger partial charge >= 0.3 is 12.3 Å². The lowest BCUT2D eigenvalue weighted by Crippen LogP contribution is -2.42. The van der Waals surface area contributed by atoms with Gasteiger partial charge in [0, 0.05) is 6.20 Å². The minimum Gasteiger partial charge on any atom is -0.465 e. The highest BCUT2D eigenvalue weighted by atomic mass is 32.1. The van der Waals surface area contributed by atoms with E-state index in [1.807, 2.05) is 0 Å². The lowest BCUT2D eigenvalue weighted by atomic mass is 10.0. The van der Waals surface area contributed by atoms with Crippen molar-refractivity contribution in [3.05, 3.63) is 52.0 Å². The van der Waals surface area contributed by atoms with Gasteiger partial charge in [-0.2, -0.15) is 13.2 Å². The van der Waals surface area contributed by atoms with Gasteiger partial charge in [0.05, 0.1) is 15.9 Å². The molecule has 0 fully saturated rings. The first-order chi connectivity index (χ1) is 10.7. The summed E-state index contributed by atoms with van der Waals surface area (Å²) in [6, 6.07) is 5.04. The highest BCUT2D eigenvalue weighted by molar-refractivity contribution is 7.11. The topological polar surface area (TPSA) is 53.4 Å². The van der Waals surface area contributed by atoms with Crippen LogP contribution < -0.4 is 0 Å². The number of thiazole rings is 1. The quantitative estimate of drug-likeness (QED) is 0.867. The van der Waals surface area contributed by atoms with E-state index in [1.54, 1.807) is 37.3 Å². The first-order valence-electron chi connectivity index (χ1n) is 6.77. The molecular formula is C15H15F3N2O2S. The van der Waals surface area contributed by atoms with E-state index in [2.05, 4.69) is 4.98 Å². The van der Waals surface area contributed by atoms with E-state index in [9.17, 15) is 23.1 Å². The predicted molar refractivity (Wildman–Crippen MR) is 80.4 cm³/mol. The van der Waals surface area contributed by atoms with E-state index in [0.29, 0.717) is 15.5 Å². The molecule has 4 nitrogen and oxygen atoms in total. The number of hydrogen-bond donors (Lipinski definition) is 1. The van der Waals surface area contributed by atoms with Gasteiger partial charge in [-0.25, -0.2) is 9.78 Å². The van der Waals surface area contributed by atoms with Crippen molar-refractivity contribution >= 4 is 17.4 Å². The molecule has 1 heterocycles. The first-order valence-corrected chi connectivity index (χ1v) is 7.58. The van der Waals surface area contributed by atoms with Crippen LogP contribution in [0.25, 0.3) is 0 Å². The Bertz CT molecular complexity index is 673. The molecule has 1 amide bonds. The van der Waals surface area contributed by atoms with Crippen LogP contribution in [0, 0.1) is 6.92 Å². The number of carbonyl (C=O) groups is 1. The number of rotatable bonds is 4. The fraction of sp³-hybridized carbons (Fsp3) is 0.333. The number of nitrogens with zero attached hydrogens (tertiary/aromatic N) is 2. The monoisotopic (exact) mass is 344 g/mol. The molecule has 0 aliphatic carbocycles. The third-order valence-corrected chi connectivity index (χ3v) is 4.38. The van der Waals surface area contributed by atoms with E-state index in [4.69, 9.17) is 0 Å². The van der Waals surface area contributed by atoms with Crippen LogP contribution >= 0.6 is 11.3 Å². The van der Waals surface area contributed by atoms with Crippen molar-refractivity contribution in [1.29, 1.82) is 0 Å². The van der Waals surface area contributed by atoms with Crippen LogP contribution in [0.15, 0.2) is 36.5 Å². The zero-order chi connectivity index (χ0) is 17.2. The first kappa shape index (κ1) is 17.3. The molecule has 0 bridgehead atoms. The number of benzene rings is 1. The van der Waals surface area contributed by atoms with Gasteiger partial charge in [-0.3, -0.25) is 4.90 Å². The van der Waals surface area contributed by atoms with Gasteiger partial charge in [-0.1, -0.05) is 30.3 Å². The number of aromatic nitrogens is 1. The lowest BCUT2D eigenvalue weighted by Gasteiger charge is -2.34. The van der Waals surface area contributed by atoms with Crippen molar-refractivity contribution in [2.24, 2.45) is 0 Å². The summed E-state index contributed by atoms with van der Waals surface area (Å²) in [5, 5.41) is 9.87. The van der Waals surface area contributed by atoms with Crippen molar-refractivity contribution in [2.45, 2.75) is 32.1 Å². The van der Waals surface area contributed by atoms with Crippen molar-refractivity contribution in [1.82, 2.24) is 9.88 Å². The van der Waals surface area contributed by atoms with Crippen molar-refractivity contribution in [3.63, 3.8) is 0 Å². The third kappa shape index (κ3) is 3.82. The van der Waals surface area contributed by atoms with Crippen LogP contribution in [0.1, 0.15) is 34.5 Å². The van der Waals surface area contributed by atoms with Crippen LogP contribution in [0.4, 0.5) is 18.0 Å². The summed E-state index contributed by atoms with van der Waals surface area (Å²) in [5.74, 6) is 0. The van der Waals surface area contributed by atoms with Crippen molar-refractivity contribution < 1.29 is 23.1 Å². The average molecular weight is 344 g/mol. The molecule has 0 aliphatic heterocycles. The van der Waals surface area contributed by atoms with Gasteiger partial charge in [0.1, 0.15) is 0 Å². The largest absolute Gasteiger partial charge is 0.465 e. The number of carboxylic acid groups (broad SMARTS) is 1. The summed E-state index contributed by atoms with van der Waals surface area (Å²) in [6.45, 7) is 3.02. The minimum atomic E-state index is -4.74. The Morgan fingerprint density at radius 1 is 1.30 bits per heavy atom. The standard InChI is InChI=1S/C15H15F3N2O2S/c1-9(11-6-4-3-5-7-11)20(14(21)22)13(15(16,17)18)12-8-19-10(2)23-12/h3-9,13H,1-2H3,(H,21,22)/t9-,13+/m1/s1. The highest BCUT2D eigenvalue weighted by Crippen LogP contribution is 2.43. The molecular weight excluding hydrogens is 329 g/mol. The SMILES string of the molecule is Cc1ncc([C@H](N(C(=O)O)[C@H](C)c2ccccc2)C(F)(F)F)s1. The molecule has 2 aromatic rings. The van der Waals surface area contributed by atoms with Crippen LogP contribution in [-0.4, -0.2) is 27.3 Å². The second-order valence-corrected chi connectivity index (χ2v) is 6.27. The van der Waals surface area contributed by atoms with Gasteiger partial charge < -0.3 is 5.11 Å². The van der Waals surface area contributed by atoms with E-state index >= 15 is 0 Å². The maximum Gasteiger partial charge on any atom is 0.414 e. The molecule has 0 unspecified atom stereocenters. The Labute approximate surface area is 135 Å². The van der Waals surface area contributed by atoms with E-state index < -0.39 is 24.4 Å². The molecule has 0 saturated carbocycles. The fourth-order valence-corrected chi connectivity index (χ4v) is 3.26. The molecule has 0 spiro atoms. The number of halogens is 3. The molecule has 1 aromatic carbocycles. The van der Waals surface area contributed by atoms with E-state index in [1.165, 1.54) is 6.92 Å². The molecule has 0 aliphatic rings. The highest BCUT2D eigenvalue weighted by Gasteiger charge is 2.49. The molecule has 2 atom stereocenters. The van der Waals surface area contributed by atoms with Crippen LogP contribution in [0.3, 0.4) is 0 Å². The Kier molecular flexibility index (Phi) is 4.93. The Balaban J connectivity index is 2.49. The normalized spacial score (nSPS) is 14.3. The number of alkyl halides is 3. The van der Waals surface area contributed by atoms with Crippen molar-refractivity contribution in [3.8, 4) is 0 Å². The van der Waals surface area contributed by atoms with Gasteiger partial charge in [-0.05, 0) is 19.4 Å². The Hall–Kier alpha value is -2.09. The maximum atomic E-state index is 13.6. The van der Waals surface area contributed by atoms with Gasteiger partial charge in [-0.15, -0.1) is 11.3 Å². The van der Waals surface area contributed by atoms with E-state index in [-0.39, 0.29) is 4.88 Å². The Morgan fingerprint density at radius 3 is 2.35 bits per heavy atom. The molecule has 0 radical (unpaired) electrons. The second-order valence-electron chi connectivity index (χ2n) is 5.00. The third-order valence-electron chi connectivity index (χ3n) is 3.42. The number of hydrogen-bond acceptors (Lipinski definition) is 3. The summed E-state index contributed by atoms with van der Waals surface area (Å²) < 4.78 is 40.7. The maximum absolute atomic E-state index is 13.6. The number of amides is 1. The molecule has 1 N–H and O–H groups in total. The second kappa shape index (κ2) is 6.57. The summed E-state index contributed by atoms with van der Waals surface area (Å²) in [5.41, 5.74) is 0.491. The predicted octanol–water partition coefficient (Wildman–Crippen LogP) is 4.80. The van der Waals surface area contributed by atoms with Gasteiger partial charge in [0.15, 0.2) is 6.04 Å². The smallest absolute Gasteiger partial charge is 0.414 e. The summed E-state index contributed by atoms with van der Waals surface area (Å²) in [4.78, 5) is 15.7. The zero-order valence-electron chi connectivity index (χ0n) is 12.4. The fourth-order valence-electron chi connectivity index (χ4n) is 2.35. The van der Waals surface area contributed by atoms with Gasteiger partial charge in [0.25, 0.3) is 0 Å². The summed E-state index contributed by atoms with van der Waals surface area (Å²) in [6.07, 6.45) is -5.28. The number of aryl methyl sites for hydroxylation is 1. The van der Waals surface area contributed by atoms with Crippen LogP contribution in [0.5, 0.6) is 0 Å². The molecule has 23 heavy (non-hydrogen) atoms. The zero-order valence-corrected chi connectivity index (χ0v) is 13.2. The van der Waals surface area contributed by atoms with Crippen molar-refractivity contribution in [2.75, 3.05) is 0 Å². The average Bonchev–Trinajstić information content (AvgIpc) is 2.89.